The van der Waals surface area contributed by atoms with Gasteiger partial charge in [0.25, 0.3) is 5.91 Å². The highest BCUT2D eigenvalue weighted by atomic mass is 16.5. The number of hydrogen-bond donors (Lipinski definition) is 0. The van der Waals surface area contributed by atoms with Crippen molar-refractivity contribution in [3.63, 3.8) is 0 Å². The molecule has 0 atom stereocenters. The Kier molecular flexibility index (Phi) is 7.41. The molecule has 1 amide bonds. The Labute approximate surface area is 180 Å². The summed E-state index contributed by atoms with van der Waals surface area (Å²) in [6, 6.07) is 17.7. The Morgan fingerprint density at radius 2 is 1.50 bits per heavy atom. The molecule has 2 aromatic rings. The molecule has 0 radical (unpaired) electrons. The molecule has 4 nitrogen and oxygen atoms in total. The zero-order chi connectivity index (χ0) is 20.6. The van der Waals surface area contributed by atoms with Crippen molar-refractivity contribution in [1.82, 2.24) is 9.80 Å². The summed E-state index contributed by atoms with van der Waals surface area (Å²) < 4.78 is 5.79. The fraction of sp³-hybridized carbons (Fsp3) is 0.500. The molecule has 2 fully saturated rings. The van der Waals surface area contributed by atoms with Crippen molar-refractivity contribution in [3.8, 4) is 5.75 Å². The molecule has 0 aliphatic carbocycles. The maximum absolute atomic E-state index is 12.9. The van der Waals surface area contributed by atoms with Crippen LogP contribution in [-0.4, -0.2) is 48.4 Å². The molecule has 0 aromatic heterocycles. The zero-order valence-corrected chi connectivity index (χ0v) is 18.0. The van der Waals surface area contributed by atoms with Gasteiger partial charge < -0.3 is 14.5 Å². The highest BCUT2D eigenvalue weighted by Gasteiger charge is 2.25. The maximum atomic E-state index is 12.9. The maximum Gasteiger partial charge on any atom is 0.253 e. The van der Waals surface area contributed by atoms with Gasteiger partial charge in [-0.15, -0.1) is 0 Å². The van der Waals surface area contributed by atoms with E-state index < -0.39 is 0 Å². The minimum atomic E-state index is 0.166. The number of likely N-dealkylation sites (tertiary alicyclic amines) is 2. The van der Waals surface area contributed by atoms with Crippen molar-refractivity contribution in [2.45, 2.75) is 45.1 Å². The van der Waals surface area contributed by atoms with Crippen LogP contribution in [0.5, 0.6) is 5.75 Å². The van der Waals surface area contributed by atoms with Gasteiger partial charge in [0, 0.05) is 25.2 Å². The molecule has 2 saturated heterocycles. The Balaban J connectivity index is 1.23. The predicted octanol–water partition coefficient (Wildman–Crippen LogP) is 4.99. The Hall–Kier alpha value is -2.33. The Morgan fingerprint density at radius 3 is 2.17 bits per heavy atom. The lowest BCUT2D eigenvalue weighted by Crippen LogP contribution is -2.41. The predicted molar refractivity (Wildman–Crippen MR) is 121 cm³/mol. The van der Waals surface area contributed by atoms with E-state index in [9.17, 15) is 4.79 Å². The van der Waals surface area contributed by atoms with Crippen LogP contribution in [0.2, 0.25) is 0 Å². The van der Waals surface area contributed by atoms with Gasteiger partial charge in [-0.1, -0.05) is 43.2 Å². The normalized spacial score (nSPS) is 18.7. The van der Waals surface area contributed by atoms with Crippen molar-refractivity contribution in [2.24, 2.45) is 5.92 Å². The van der Waals surface area contributed by atoms with E-state index in [0.717, 1.165) is 48.7 Å². The molecular weight excluding hydrogens is 372 g/mol. The summed E-state index contributed by atoms with van der Waals surface area (Å²) in [5.74, 6) is 1.77. The van der Waals surface area contributed by atoms with Crippen molar-refractivity contribution in [1.29, 1.82) is 0 Å². The van der Waals surface area contributed by atoms with Crippen molar-refractivity contribution >= 4 is 5.91 Å². The van der Waals surface area contributed by atoms with Gasteiger partial charge in [0.1, 0.15) is 12.4 Å². The first kappa shape index (κ1) is 20.9. The summed E-state index contributed by atoms with van der Waals surface area (Å²) in [5.41, 5.74) is 1.86. The summed E-state index contributed by atoms with van der Waals surface area (Å²) in [6.07, 6.45) is 7.74. The highest BCUT2D eigenvalue weighted by Crippen LogP contribution is 2.22. The van der Waals surface area contributed by atoms with Crippen LogP contribution in [0.3, 0.4) is 0 Å². The van der Waals surface area contributed by atoms with Gasteiger partial charge in [0.2, 0.25) is 0 Å². The second-order valence-electron chi connectivity index (χ2n) is 8.75. The highest BCUT2D eigenvalue weighted by molar-refractivity contribution is 5.94. The number of ether oxygens (including phenoxy) is 1. The number of rotatable bonds is 6. The van der Waals surface area contributed by atoms with E-state index in [4.69, 9.17) is 4.74 Å². The summed E-state index contributed by atoms with van der Waals surface area (Å²) in [4.78, 5) is 17.6. The summed E-state index contributed by atoms with van der Waals surface area (Å²) in [5, 5.41) is 0. The molecule has 2 aliphatic heterocycles. The molecule has 4 heteroatoms. The average molecular weight is 407 g/mol. The summed E-state index contributed by atoms with van der Waals surface area (Å²) >= 11 is 0. The SMILES string of the molecule is O=C(c1ccc(COc2ccccc2)cc1)N1CCC(CN2CCCCCC2)CC1. The molecule has 4 rings (SSSR count). The monoisotopic (exact) mass is 406 g/mol. The zero-order valence-electron chi connectivity index (χ0n) is 18.0. The van der Waals surface area contributed by atoms with Crippen LogP contribution < -0.4 is 4.74 Å². The largest absolute Gasteiger partial charge is 0.489 e. The third kappa shape index (κ3) is 5.85. The first-order valence-corrected chi connectivity index (χ1v) is 11.6. The van der Waals surface area contributed by atoms with E-state index in [1.165, 1.54) is 45.3 Å². The number of amides is 1. The lowest BCUT2D eigenvalue weighted by Gasteiger charge is -2.34. The standard InChI is InChI=1S/C26H34N2O2/c29-26(24-12-10-23(11-13-24)21-30-25-8-4-3-5-9-25)28-18-14-22(15-19-28)20-27-16-6-1-2-7-17-27/h3-5,8-13,22H,1-2,6-7,14-21H2. The Morgan fingerprint density at radius 1 is 0.833 bits per heavy atom. The molecule has 0 saturated carbocycles. The number of nitrogens with zero attached hydrogens (tertiary/aromatic N) is 2. The van der Waals surface area contributed by atoms with Gasteiger partial charge in [-0.3, -0.25) is 4.79 Å². The van der Waals surface area contributed by atoms with Gasteiger partial charge in [-0.2, -0.15) is 0 Å². The minimum Gasteiger partial charge on any atom is -0.489 e. The molecule has 2 aliphatic rings. The van der Waals surface area contributed by atoms with Gasteiger partial charge >= 0.3 is 0 Å². The lowest BCUT2D eigenvalue weighted by atomic mass is 9.95. The number of piperidine rings is 1. The van der Waals surface area contributed by atoms with E-state index >= 15 is 0 Å². The molecule has 160 valence electrons. The first-order chi connectivity index (χ1) is 14.8. The van der Waals surface area contributed by atoms with Crippen molar-refractivity contribution in [2.75, 3.05) is 32.7 Å². The van der Waals surface area contributed by atoms with Crippen LogP contribution in [-0.2, 0) is 6.61 Å². The van der Waals surface area contributed by atoms with E-state index in [1.54, 1.807) is 0 Å². The van der Waals surface area contributed by atoms with Crippen molar-refractivity contribution < 1.29 is 9.53 Å². The number of para-hydroxylation sites is 1. The second kappa shape index (κ2) is 10.6. The van der Waals surface area contributed by atoms with Crippen molar-refractivity contribution in [3.05, 3.63) is 65.7 Å². The molecule has 0 spiro atoms. The molecule has 0 unspecified atom stereocenters. The molecule has 0 bridgehead atoms. The second-order valence-corrected chi connectivity index (χ2v) is 8.75. The van der Waals surface area contributed by atoms with Crippen LogP contribution in [0.25, 0.3) is 0 Å². The van der Waals surface area contributed by atoms with Gasteiger partial charge in [-0.25, -0.2) is 0 Å². The molecular formula is C26H34N2O2. The van der Waals surface area contributed by atoms with E-state index in [-0.39, 0.29) is 5.91 Å². The third-order valence-corrected chi connectivity index (χ3v) is 6.47. The van der Waals surface area contributed by atoms with Gasteiger partial charge in [-0.05, 0) is 74.5 Å². The minimum absolute atomic E-state index is 0.166. The third-order valence-electron chi connectivity index (χ3n) is 6.47. The van der Waals surface area contributed by atoms with Gasteiger partial charge in [0.15, 0.2) is 0 Å². The van der Waals surface area contributed by atoms with Crippen LogP contribution in [0, 0.1) is 5.92 Å². The number of hydrogen-bond acceptors (Lipinski definition) is 3. The number of carbonyl (C=O) groups is 1. The molecule has 30 heavy (non-hydrogen) atoms. The quantitative estimate of drug-likeness (QED) is 0.677. The number of benzene rings is 2. The van der Waals surface area contributed by atoms with E-state index in [2.05, 4.69) is 4.90 Å². The number of carbonyl (C=O) groups excluding carboxylic acids is 1. The van der Waals surface area contributed by atoms with E-state index in [1.807, 2.05) is 59.5 Å². The average Bonchev–Trinajstić information content (AvgIpc) is 3.07. The van der Waals surface area contributed by atoms with Crippen LogP contribution >= 0.6 is 0 Å². The summed E-state index contributed by atoms with van der Waals surface area (Å²) in [7, 11) is 0. The lowest BCUT2D eigenvalue weighted by molar-refractivity contribution is 0.0668. The van der Waals surface area contributed by atoms with Gasteiger partial charge in [0.05, 0.1) is 0 Å². The first-order valence-electron chi connectivity index (χ1n) is 11.6. The topological polar surface area (TPSA) is 32.8 Å². The Bertz CT molecular complexity index is 774. The van der Waals surface area contributed by atoms with E-state index in [0.29, 0.717) is 6.61 Å². The summed E-state index contributed by atoms with van der Waals surface area (Å²) in [6.45, 7) is 6.03. The van der Waals surface area contributed by atoms with Crippen LogP contribution in [0.1, 0.15) is 54.4 Å². The molecule has 2 aromatic carbocycles. The fourth-order valence-corrected chi connectivity index (χ4v) is 4.61. The molecule has 0 N–H and O–H groups in total. The smallest absolute Gasteiger partial charge is 0.253 e. The van der Waals surface area contributed by atoms with Crippen LogP contribution in [0.15, 0.2) is 54.6 Å². The molecule has 2 heterocycles. The fourth-order valence-electron chi connectivity index (χ4n) is 4.61. The van der Waals surface area contributed by atoms with Crippen LogP contribution in [0.4, 0.5) is 0 Å².